The Bertz CT molecular complexity index is 283. The summed E-state index contributed by atoms with van der Waals surface area (Å²) < 4.78 is 0. The van der Waals surface area contributed by atoms with Crippen molar-refractivity contribution in [3.63, 3.8) is 0 Å². The van der Waals surface area contributed by atoms with Crippen LogP contribution in [0, 0.1) is 5.92 Å². The second kappa shape index (κ2) is 3.12. The van der Waals surface area contributed by atoms with Crippen LogP contribution in [-0.2, 0) is 0 Å². The van der Waals surface area contributed by atoms with Gasteiger partial charge in [-0.15, -0.1) is 0 Å². The maximum Gasteiger partial charge on any atom is 0.408 e. The van der Waals surface area contributed by atoms with Crippen LogP contribution in [-0.4, -0.2) is 29.3 Å². The summed E-state index contributed by atoms with van der Waals surface area (Å²) in [6.45, 7) is 1.02. The van der Waals surface area contributed by atoms with Crippen LogP contribution < -0.4 is 5.32 Å². The molecule has 1 fully saturated rings. The Morgan fingerprint density at radius 3 is 3.31 bits per heavy atom. The molecule has 0 bridgehead atoms. The van der Waals surface area contributed by atoms with E-state index in [2.05, 4.69) is 11.4 Å². The Labute approximate surface area is 76.5 Å². The molecule has 0 aromatic rings. The van der Waals surface area contributed by atoms with Gasteiger partial charge in [0.05, 0.1) is 6.67 Å². The summed E-state index contributed by atoms with van der Waals surface area (Å²) in [6.07, 6.45) is 6.19. The third kappa shape index (κ3) is 1.52. The molecule has 1 amide bonds. The molecule has 1 unspecified atom stereocenters. The first-order valence-electron chi connectivity index (χ1n) is 4.36. The standard InChI is InChI=1S/C9H12N2O2/c12-9(13)11-5-7-3-1-2-4-8(7)10-6-11/h1-2,4,7,10H,3,5-6H2,(H,12,13). The second-order valence-electron chi connectivity index (χ2n) is 3.32. The normalized spacial score (nSPS) is 26.0. The van der Waals surface area contributed by atoms with Gasteiger partial charge in [0.25, 0.3) is 0 Å². The zero-order valence-corrected chi connectivity index (χ0v) is 7.23. The average molecular weight is 180 g/mol. The van der Waals surface area contributed by atoms with Crippen molar-refractivity contribution in [2.45, 2.75) is 6.42 Å². The first-order valence-corrected chi connectivity index (χ1v) is 4.36. The second-order valence-corrected chi connectivity index (χ2v) is 3.32. The number of fused-ring (bicyclic) bond motifs is 1. The zero-order valence-electron chi connectivity index (χ0n) is 7.23. The van der Waals surface area contributed by atoms with Crippen molar-refractivity contribution in [3.05, 3.63) is 23.9 Å². The van der Waals surface area contributed by atoms with Crippen LogP contribution in [0.3, 0.4) is 0 Å². The molecule has 1 aliphatic carbocycles. The zero-order chi connectivity index (χ0) is 9.26. The molecule has 2 rings (SSSR count). The van der Waals surface area contributed by atoms with Gasteiger partial charge in [0.2, 0.25) is 0 Å². The highest BCUT2D eigenvalue weighted by molar-refractivity contribution is 5.65. The van der Waals surface area contributed by atoms with E-state index in [1.807, 2.05) is 12.2 Å². The van der Waals surface area contributed by atoms with E-state index in [-0.39, 0.29) is 0 Å². The van der Waals surface area contributed by atoms with Gasteiger partial charge >= 0.3 is 6.09 Å². The molecule has 4 nitrogen and oxygen atoms in total. The lowest BCUT2D eigenvalue weighted by Gasteiger charge is -2.34. The van der Waals surface area contributed by atoms with Crippen LogP contribution in [0.4, 0.5) is 4.79 Å². The molecule has 0 aromatic carbocycles. The first-order chi connectivity index (χ1) is 6.27. The lowest BCUT2D eigenvalue weighted by atomic mass is 9.95. The number of amides is 1. The highest BCUT2D eigenvalue weighted by atomic mass is 16.4. The van der Waals surface area contributed by atoms with E-state index in [0.717, 1.165) is 6.42 Å². The molecule has 0 aromatic heterocycles. The fourth-order valence-corrected chi connectivity index (χ4v) is 1.72. The van der Waals surface area contributed by atoms with Crippen molar-refractivity contribution in [2.75, 3.05) is 13.2 Å². The molecule has 13 heavy (non-hydrogen) atoms. The van der Waals surface area contributed by atoms with Crippen molar-refractivity contribution in [2.24, 2.45) is 5.92 Å². The fourth-order valence-electron chi connectivity index (χ4n) is 1.72. The van der Waals surface area contributed by atoms with E-state index in [9.17, 15) is 4.79 Å². The Morgan fingerprint density at radius 2 is 2.54 bits per heavy atom. The molecule has 2 N–H and O–H groups in total. The van der Waals surface area contributed by atoms with Crippen molar-refractivity contribution in [1.82, 2.24) is 10.2 Å². The van der Waals surface area contributed by atoms with E-state index in [4.69, 9.17) is 5.11 Å². The third-order valence-corrected chi connectivity index (χ3v) is 2.46. The highest BCUT2D eigenvalue weighted by Crippen LogP contribution is 2.22. The molecule has 1 atom stereocenters. The van der Waals surface area contributed by atoms with Crippen molar-refractivity contribution in [1.29, 1.82) is 0 Å². The van der Waals surface area contributed by atoms with E-state index in [1.54, 1.807) is 0 Å². The summed E-state index contributed by atoms with van der Waals surface area (Å²) in [5, 5.41) is 11.9. The lowest BCUT2D eigenvalue weighted by Crippen LogP contribution is -2.48. The van der Waals surface area contributed by atoms with E-state index in [1.165, 1.54) is 10.6 Å². The summed E-state index contributed by atoms with van der Waals surface area (Å²) in [4.78, 5) is 12.1. The lowest BCUT2D eigenvalue weighted by molar-refractivity contribution is 0.126. The molecular weight excluding hydrogens is 168 g/mol. The number of nitrogens with zero attached hydrogens (tertiary/aromatic N) is 1. The quantitative estimate of drug-likeness (QED) is 0.584. The van der Waals surface area contributed by atoms with Crippen molar-refractivity contribution in [3.8, 4) is 0 Å². The van der Waals surface area contributed by atoms with Gasteiger partial charge in [-0.05, 0) is 12.5 Å². The third-order valence-electron chi connectivity index (χ3n) is 2.46. The molecule has 70 valence electrons. The van der Waals surface area contributed by atoms with Crippen LogP contribution in [0.25, 0.3) is 0 Å². The largest absolute Gasteiger partial charge is 0.465 e. The number of carbonyl (C=O) groups is 1. The predicted molar refractivity (Wildman–Crippen MR) is 48.1 cm³/mol. The van der Waals surface area contributed by atoms with Gasteiger partial charge in [-0.3, -0.25) is 4.90 Å². The van der Waals surface area contributed by atoms with Crippen LogP contribution in [0.15, 0.2) is 23.9 Å². The van der Waals surface area contributed by atoms with E-state index >= 15 is 0 Å². The topological polar surface area (TPSA) is 52.6 Å². The maximum absolute atomic E-state index is 10.7. The van der Waals surface area contributed by atoms with Gasteiger partial charge in [0.15, 0.2) is 0 Å². The fraction of sp³-hybridized carbons (Fsp3) is 0.444. The van der Waals surface area contributed by atoms with Crippen molar-refractivity contribution >= 4 is 6.09 Å². The molecule has 4 heteroatoms. The Morgan fingerprint density at radius 1 is 1.69 bits per heavy atom. The summed E-state index contributed by atoms with van der Waals surface area (Å²) in [5.74, 6) is 0.329. The Balaban J connectivity index is 2.07. The summed E-state index contributed by atoms with van der Waals surface area (Å²) in [6, 6.07) is 0. The van der Waals surface area contributed by atoms with Gasteiger partial charge in [0.1, 0.15) is 0 Å². The molecule has 1 aliphatic heterocycles. The Hall–Kier alpha value is -1.45. The highest BCUT2D eigenvalue weighted by Gasteiger charge is 2.26. The average Bonchev–Trinajstić information content (AvgIpc) is 2.17. The minimum absolute atomic E-state index is 0.329. The molecule has 2 aliphatic rings. The predicted octanol–water partition coefficient (Wildman–Crippen LogP) is 0.987. The number of hydrogen-bond donors (Lipinski definition) is 2. The van der Waals surface area contributed by atoms with Crippen LogP contribution in [0.2, 0.25) is 0 Å². The van der Waals surface area contributed by atoms with Gasteiger partial charge in [-0.1, -0.05) is 12.2 Å². The SMILES string of the molecule is O=C(O)N1CNC2=CC=CCC2C1. The molecular formula is C9H12N2O2. The molecule has 0 radical (unpaired) electrons. The molecule has 0 saturated carbocycles. The van der Waals surface area contributed by atoms with Gasteiger partial charge in [0, 0.05) is 18.2 Å². The number of carboxylic acid groups (broad SMARTS) is 1. The number of rotatable bonds is 0. The van der Waals surface area contributed by atoms with Gasteiger partial charge < -0.3 is 10.4 Å². The summed E-state index contributed by atoms with van der Waals surface area (Å²) in [7, 11) is 0. The number of allylic oxidation sites excluding steroid dienone is 3. The first kappa shape index (κ1) is 8.16. The number of nitrogens with one attached hydrogen (secondary N) is 1. The van der Waals surface area contributed by atoms with Crippen LogP contribution in [0.1, 0.15) is 6.42 Å². The summed E-state index contributed by atoms with van der Waals surface area (Å²) >= 11 is 0. The minimum Gasteiger partial charge on any atom is -0.465 e. The molecule has 1 heterocycles. The Kier molecular flexibility index (Phi) is 1.96. The maximum atomic E-state index is 10.7. The van der Waals surface area contributed by atoms with E-state index in [0.29, 0.717) is 19.1 Å². The van der Waals surface area contributed by atoms with Crippen molar-refractivity contribution < 1.29 is 9.90 Å². The van der Waals surface area contributed by atoms with E-state index < -0.39 is 6.09 Å². The summed E-state index contributed by atoms with van der Waals surface area (Å²) in [5.41, 5.74) is 1.17. The number of hydrogen-bond acceptors (Lipinski definition) is 2. The van der Waals surface area contributed by atoms with Gasteiger partial charge in [-0.25, -0.2) is 4.79 Å². The minimum atomic E-state index is -0.846. The van der Waals surface area contributed by atoms with Gasteiger partial charge in [-0.2, -0.15) is 0 Å². The monoisotopic (exact) mass is 180 g/mol. The smallest absolute Gasteiger partial charge is 0.408 e. The molecule has 0 spiro atoms. The van der Waals surface area contributed by atoms with Crippen LogP contribution >= 0.6 is 0 Å². The van der Waals surface area contributed by atoms with Crippen LogP contribution in [0.5, 0.6) is 0 Å². The molecule has 1 saturated heterocycles.